The molecule has 4 N–H and O–H groups in total. The number of esters is 2. The normalized spacial score (nSPS) is 9.96. The Balaban J connectivity index is 0.000000522. The van der Waals surface area contributed by atoms with E-state index in [1.165, 1.54) is 48.0 Å². The Bertz CT molecular complexity index is 3540. The van der Waals surface area contributed by atoms with Gasteiger partial charge in [0.05, 0.1) is 65.6 Å². The summed E-state index contributed by atoms with van der Waals surface area (Å²) in [7, 11) is 0. The van der Waals surface area contributed by atoms with Gasteiger partial charge in [0, 0.05) is 119 Å². The van der Waals surface area contributed by atoms with Crippen LogP contribution in [0.1, 0.15) is 113 Å². The zero-order valence-electron chi connectivity index (χ0n) is 48.9. The number of thioether (sulfide) groups is 1. The first kappa shape index (κ1) is 84.2. The van der Waals surface area contributed by atoms with Gasteiger partial charge < -0.3 is 24.5 Å². The number of aliphatic hydroxyl groups excluding tert-OH is 1. The summed E-state index contributed by atoms with van der Waals surface area (Å²) in [6.45, 7) is 15.9. The van der Waals surface area contributed by atoms with E-state index in [9.17, 15) is 19.2 Å². The Kier molecular flexibility index (Phi) is 45.4. The van der Waals surface area contributed by atoms with Gasteiger partial charge in [0.25, 0.3) is 11.1 Å². The number of H-pyrrole nitrogens is 3. The molecule has 0 unspecified atom stereocenters. The number of nitrogens with one attached hydrogen (secondary N) is 3. The van der Waals surface area contributed by atoms with Crippen molar-refractivity contribution in [2.75, 3.05) is 13.2 Å². The van der Waals surface area contributed by atoms with Crippen molar-refractivity contribution in [1.29, 1.82) is 0 Å². The molecule has 89 heavy (non-hydrogen) atoms. The second kappa shape index (κ2) is 48.0. The average molecular weight is 1790 g/mol. The quantitative estimate of drug-likeness (QED) is 0.0209. The molecule has 0 aliphatic rings. The predicted octanol–water partition coefficient (Wildman–Crippen LogP) is 19.7. The number of hydrogen-bond donors (Lipinski definition) is 4. The van der Waals surface area contributed by atoms with Crippen LogP contribution in [0, 0.1) is 18.6 Å². The zero-order chi connectivity index (χ0) is 67.2. The highest BCUT2D eigenvalue weighted by molar-refractivity contribution is 9.93. The summed E-state index contributed by atoms with van der Waals surface area (Å²) in [5, 5.41) is 13.6. The molecule has 482 valence electrons. The number of aromatic amines is 3. The molecule has 0 aromatic carbocycles. The second-order valence-corrected chi connectivity index (χ2v) is 38.3. The number of carbonyl (C=O) groups excluding carboxylic acids is 2. The Morgan fingerprint density at radius 2 is 1.00 bits per heavy atom. The van der Waals surface area contributed by atoms with E-state index in [2.05, 4.69) is 170 Å². The molecule has 8 aromatic heterocycles. The highest BCUT2D eigenvalue weighted by Crippen LogP contribution is 2.59. The smallest absolute Gasteiger partial charge is 0.340 e. The largest absolute Gasteiger partial charge is 0.462 e. The molecule has 0 aliphatic heterocycles. The summed E-state index contributed by atoms with van der Waals surface area (Å²) in [4.78, 5) is 80.5. The molecule has 8 heterocycles. The summed E-state index contributed by atoms with van der Waals surface area (Å²) >= 11 is 60.5. The van der Waals surface area contributed by atoms with Crippen molar-refractivity contribution < 1.29 is 24.2 Å². The lowest BCUT2D eigenvalue weighted by atomic mass is 10.1. The standard InChI is InChI=1S/C13H14ClN3OS.C10H12ClNO2.C8H7BrClNO2.C8H9BrClN.C8H10ClNO.C5H3BrClN.C5H6N2OS.Br3P/c1-3-9-5-15-6-11(14)10(9)7-19-13-16-8(2)4-12(18)17-13;1-3-7-5-12-6-8(11)9(7)10(13)14-4-2;1-2-13-8(12)7-5(9)3-11-4-6(7)10;1-2-6-4-11-5-8(10)7(6)3-9;1-2-6-3-10-4-8(9)7(6)5-11;6-4-1-5(7)3-8-2-4;1-3-2-4(8)7-5(9)6-3;1-4(2)3/h4-6H,3,7H2,1-2H3,(H,16,17,18);5-6H,3-4H2,1-2H3;3-4H,2H2,1H3;4-5H,2-3H2,1H3;3-4,11H,2,5H2,1H3;1-3H;2H,1H3,(H2,6,7,8,9);. The van der Waals surface area contributed by atoms with Gasteiger partial charge in [-0.1, -0.05) is 125 Å². The lowest BCUT2D eigenvalue weighted by Crippen LogP contribution is -2.09. The minimum atomic E-state index is -0.443. The van der Waals surface area contributed by atoms with Gasteiger partial charge in [-0.05, 0) is 183 Å². The molecule has 17 nitrogen and oxygen atoms in total. The van der Waals surface area contributed by atoms with Crippen LogP contribution in [-0.2, 0) is 52.8 Å². The van der Waals surface area contributed by atoms with Crippen LogP contribution in [0.15, 0.2) is 116 Å². The number of aryl methyl sites for hydroxylation is 6. The van der Waals surface area contributed by atoms with Crippen molar-refractivity contribution in [2.45, 2.75) is 104 Å². The highest BCUT2D eigenvalue weighted by Gasteiger charge is 2.17. The number of pyridine rings is 6. The SMILES string of the molecule is BrP(Br)Br.CCOC(=O)c1c(Cl)cncc1Br.CCOC(=O)c1c(Cl)cncc1CC.CCc1cncc(Cl)c1CBr.CCc1cncc(Cl)c1CO.CCc1cncc(Cl)c1CSc1nc(C)cc(=O)[nH]1.Cc1cc(=O)[nH]c(=S)[nH]1.Clc1cncc(Br)c1. The average Bonchev–Trinajstić information content (AvgIpc) is 3.30. The number of aromatic nitrogens is 10. The molecule has 0 aliphatic carbocycles. The van der Waals surface area contributed by atoms with Crippen LogP contribution in [0.2, 0.25) is 30.1 Å². The number of ether oxygens (including phenoxy) is 2. The molecule has 0 spiro atoms. The van der Waals surface area contributed by atoms with Crippen molar-refractivity contribution in [1.82, 2.24) is 49.8 Å². The maximum absolute atomic E-state index is 11.5. The van der Waals surface area contributed by atoms with E-state index in [1.807, 2.05) is 26.2 Å². The van der Waals surface area contributed by atoms with Crippen molar-refractivity contribution >= 4 is 204 Å². The third-order valence-electron chi connectivity index (χ3n) is 10.7. The van der Waals surface area contributed by atoms with Gasteiger partial charge in [-0.3, -0.25) is 44.5 Å². The van der Waals surface area contributed by atoms with Gasteiger partial charge in [0.15, 0.2) is 9.93 Å². The highest BCUT2D eigenvalue weighted by atomic mass is 80.0. The van der Waals surface area contributed by atoms with E-state index < -0.39 is 5.97 Å². The number of hydrogen-bond acceptors (Lipinski definition) is 16. The number of alkyl halides is 1. The Morgan fingerprint density at radius 1 is 0.573 bits per heavy atom. The molecular formula is C57H61Br6Cl6N10O7PS2. The Labute approximate surface area is 607 Å². The zero-order valence-corrected chi connectivity index (χ0v) is 65.4. The van der Waals surface area contributed by atoms with Gasteiger partial charge in [-0.15, -0.1) is 0 Å². The minimum Gasteiger partial charge on any atom is -0.462 e. The fourth-order valence-corrected chi connectivity index (χ4v) is 11.3. The summed E-state index contributed by atoms with van der Waals surface area (Å²) in [5.41, 5.74) is 9.13. The molecule has 0 saturated carbocycles. The number of nitrogens with zero attached hydrogens (tertiary/aromatic N) is 7. The summed E-state index contributed by atoms with van der Waals surface area (Å²) in [6.07, 6.45) is 23.0. The van der Waals surface area contributed by atoms with Crippen LogP contribution in [0.4, 0.5) is 0 Å². The molecular weight excluding hydrogens is 1720 g/mol. The van der Waals surface area contributed by atoms with Crippen molar-refractivity contribution in [3.63, 3.8) is 0 Å². The van der Waals surface area contributed by atoms with E-state index in [0.29, 0.717) is 76.7 Å². The van der Waals surface area contributed by atoms with Crippen LogP contribution in [0.3, 0.4) is 0 Å². The van der Waals surface area contributed by atoms with Crippen LogP contribution in [0.25, 0.3) is 0 Å². The number of carbonyl (C=O) groups is 2. The fourth-order valence-electron chi connectivity index (χ4n) is 6.63. The molecule has 32 heteroatoms. The number of halogens is 12. The topological polar surface area (TPSA) is 245 Å². The van der Waals surface area contributed by atoms with E-state index in [0.717, 1.165) is 73.2 Å². The molecule has 0 saturated heterocycles. The maximum atomic E-state index is 11.5. The first-order valence-electron chi connectivity index (χ1n) is 26.1. The molecule has 0 bridgehead atoms. The van der Waals surface area contributed by atoms with E-state index in [1.54, 1.807) is 77.1 Å². The van der Waals surface area contributed by atoms with Gasteiger partial charge in [0.2, 0.25) is 0 Å². The summed E-state index contributed by atoms with van der Waals surface area (Å²) in [5.74, 6) is -0.157. The van der Waals surface area contributed by atoms with Gasteiger partial charge >= 0.3 is 11.9 Å². The summed E-state index contributed by atoms with van der Waals surface area (Å²) < 4.78 is 11.3. The third-order valence-corrected chi connectivity index (χ3v) is 15.1. The van der Waals surface area contributed by atoms with Crippen molar-refractivity contribution in [3.05, 3.63) is 219 Å². The minimum absolute atomic E-state index is 0.00940. The van der Waals surface area contributed by atoms with Gasteiger partial charge in [-0.25, -0.2) is 14.6 Å². The van der Waals surface area contributed by atoms with E-state index in [4.69, 9.17) is 84.2 Å². The maximum Gasteiger partial charge on any atom is 0.340 e. The molecule has 0 amide bonds. The van der Waals surface area contributed by atoms with Crippen LogP contribution >= 0.6 is 192 Å². The molecule has 0 fully saturated rings. The van der Waals surface area contributed by atoms with Gasteiger partial charge in [-0.2, -0.15) is 0 Å². The number of rotatable bonds is 13. The van der Waals surface area contributed by atoms with Crippen molar-refractivity contribution in [3.8, 4) is 0 Å². The predicted molar refractivity (Wildman–Crippen MR) is 389 cm³/mol. The first-order valence-corrected chi connectivity index (χ1v) is 39.8. The molecule has 8 aromatic rings. The first-order chi connectivity index (χ1) is 42.2. The van der Waals surface area contributed by atoms with Gasteiger partial charge in [0.1, 0.15) is 4.03 Å². The molecule has 8 rings (SSSR count). The van der Waals surface area contributed by atoms with Crippen LogP contribution in [0.5, 0.6) is 0 Å². The lowest BCUT2D eigenvalue weighted by Gasteiger charge is -2.08. The Hall–Kier alpha value is -2.82. The number of aliphatic hydroxyl groups is 1. The summed E-state index contributed by atoms with van der Waals surface area (Å²) in [6, 6.07) is 4.71. The van der Waals surface area contributed by atoms with Crippen LogP contribution < -0.4 is 11.1 Å². The Morgan fingerprint density at radius 3 is 1.40 bits per heavy atom. The molecule has 0 atom stereocenters. The van der Waals surface area contributed by atoms with Crippen molar-refractivity contribution in [2.24, 2.45) is 0 Å². The van der Waals surface area contributed by atoms with Crippen LogP contribution in [-0.4, -0.2) is 80.1 Å². The van der Waals surface area contributed by atoms with E-state index >= 15 is 0 Å². The fraction of sp³-hybridized carbons (Fsp3) is 0.298. The lowest BCUT2D eigenvalue weighted by molar-refractivity contribution is 0.0515. The second-order valence-electron chi connectivity index (χ2n) is 16.8. The molecule has 0 radical (unpaired) electrons. The van der Waals surface area contributed by atoms with E-state index in [-0.39, 0.29) is 32.7 Å². The third kappa shape index (κ3) is 33.7. The monoisotopic (exact) mass is 1780 g/mol.